The first-order valence-corrected chi connectivity index (χ1v) is 5.75. The molecule has 0 atom stereocenters. The monoisotopic (exact) mass is 209 g/mol. The molecule has 1 heterocycles. The SMILES string of the molecule is Clc1ccccc1N1CCCCCC1. The van der Waals surface area contributed by atoms with Gasteiger partial charge in [0.1, 0.15) is 0 Å². The Morgan fingerprint density at radius 3 is 2.21 bits per heavy atom. The van der Waals surface area contributed by atoms with Gasteiger partial charge in [0.05, 0.1) is 10.7 Å². The molecule has 0 spiro atoms. The minimum Gasteiger partial charge on any atom is -0.370 e. The van der Waals surface area contributed by atoms with Gasteiger partial charge in [0.25, 0.3) is 0 Å². The molecule has 2 rings (SSSR count). The van der Waals surface area contributed by atoms with Crippen LogP contribution in [-0.4, -0.2) is 13.1 Å². The Labute approximate surface area is 90.7 Å². The second kappa shape index (κ2) is 4.70. The molecule has 0 bridgehead atoms. The maximum absolute atomic E-state index is 6.17. The topological polar surface area (TPSA) is 3.24 Å². The molecule has 76 valence electrons. The summed E-state index contributed by atoms with van der Waals surface area (Å²) in [5.74, 6) is 0. The van der Waals surface area contributed by atoms with Crippen molar-refractivity contribution in [3.05, 3.63) is 29.3 Å². The maximum atomic E-state index is 6.17. The first kappa shape index (κ1) is 9.85. The van der Waals surface area contributed by atoms with Crippen molar-refractivity contribution < 1.29 is 0 Å². The fourth-order valence-electron chi connectivity index (χ4n) is 2.02. The van der Waals surface area contributed by atoms with E-state index in [0.29, 0.717) is 0 Å². The van der Waals surface area contributed by atoms with Gasteiger partial charge in [-0.25, -0.2) is 0 Å². The van der Waals surface area contributed by atoms with E-state index in [4.69, 9.17) is 11.6 Å². The highest BCUT2D eigenvalue weighted by molar-refractivity contribution is 6.33. The number of hydrogen-bond acceptors (Lipinski definition) is 1. The number of benzene rings is 1. The number of anilines is 1. The molecule has 1 aliphatic heterocycles. The van der Waals surface area contributed by atoms with E-state index in [1.54, 1.807) is 0 Å². The van der Waals surface area contributed by atoms with Crippen LogP contribution in [-0.2, 0) is 0 Å². The van der Waals surface area contributed by atoms with Crippen molar-refractivity contribution in [2.75, 3.05) is 18.0 Å². The summed E-state index contributed by atoms with van der Waals surface area (Å²) >= 11 is 6.17. The molecule has 1 aromatic carbocycles. The highest BCUT2D eigenvalue weighted by atomic mass is 35.5. The second-order valence-electron chi connectivity index (χ2n) is 3.85. The Hall–Kier alpha value is -0.690. The molecule has 0 saturated carbocycles. The second-order valence-corrected chi connectivity index (χ2v) is 4.26. The van der Waals surface area contributed by atoms with Gasteiger partial charge in [0, 0.05) is 13.1 Å². The lowest BCUT2D eigenvalue weighted by Crippen LogP contribution is -2.23. The number of rotatable bonds is 1. The van der Waals surface area contributed by atoms with Gasteiger partial charge in [-0.2, -0.15) is 0 Å². The summed E-state index contributed by atoms with van der Waals surface area (Å²) in [4.78, 5) is 2.41. The van der Waals surface area contributed by atoms with Crippen molar-refractivity contribution in [3.8, 4) is 0 Å². The molecule has 0 N–H and O–H groups in total. The number of hydrogen-bond donors (Lipinski definition) is 0. The molecule has 1 saturated heterocycles. The molecular formula is C12H16ClN. The van der Waals surface area contributed by atoms with Gasteiger partial charge in [-0.1, -0.05) is 36.6 Å². The van der Waals surface area contributed by atoms with Crippen LogP contribution in [0.2, 0.25) is 5.02 Å². The first-order chi connectivity index (χ1) is 6.88. The van der Waals surface area contributed by atoms with E-state index < -0.39 is 0 Å². The standard InChI is InChI=1S/C12H16ClN/c13-11-7-3-4-8-12(11)14-9-5-1-2-6-10-14/h3-4,7-8H,1-2,5-6,9-10H2. The third-order valence-corrected chi connectivity index (χ3v) is 3.12. The van der Waals surface area contributed by atoms with Gasteiger partial charge in [-0.05, 0) is 25.0 Å². The molecule has 0 aliphatic carbocycles. The minimum absolute atomic E-state index is 0.884. The molecule has 1 fully saturated rings. The zero-order valence-corrected chi connectivity index (χ0v) is 9.13. The van der Waals surface area contributed by atoms with Gasteiger partial charge in [-0.15, -0.1) is 0 Å². The van der Waals surface area contributed by atoms with Crippen LogP contribution < -0.4 is 4.90 Å². The predicted molar refractivity (Wildman–Crippen MR) is 62.1 cm³/mol. The summed E-state index contributed by atoms with van der Waals surface area (Å²) in [6, 6.07) is 8.14. The molecule has 2 heteroatoms. The lowest BCUT2D eigenvalue weighted by atomic mass is 10.2. The molecule has 1 aromatic rings. The summed E-state index contributed by atoms with van der Waals surface area (Å²) in [5, 5.41) is 0.884. The molecular weight excluding hydrogens is 194 g/mol. The van der Waals surface area contributed by atoms with Gasteiger partial charge >= 0.3 is 0 Å². The van der Waals surface area contributed by atoms with Crippen LogP contribution >= 0.6 is 11.6 Å². The Balaban J connectivity index is 2.16. The highest BCUT2D eigenvalue weighted by Gasteiger charge is 2.11. The Morgan fingerprint density at radius 1 is 0.929 bits per heavy atom. The molecule has 0 unspecified atom stereocenters. The predicted octanol–water partition coefficient (Wildman–Crippen LogP) is 3.72. The molecule has 1 nitrogen and oxygen atoms in total. The number of nitrogens with zero attached hydrogens (tertiary/aromatic N) is 1. The minimum atomic E-state index is 0.884. The highest BCUT2D eigenvalue weighted by Crippen LogP contribution is 2.27. The molecule has 0 radical (unpaired) electrons. The Kier molecular flexibility index (Phi) is 3.30. The van der Waals surface area contributed by atoms with E-state index in [2.05, 4.69) is 17.0 Å². The molecule has 0 aromatic heterocycles. The smallest absolute Gasteiger partial charge is 0.0639 e. The van der Waals surface area contributed by atoms with E-state index in [0.717, 1.165) is 18.1 Å². The van der Waals surface area contributed by atoms with E-state index >= 15 is 0 Å². The fraction of sp³-hybridized carbons (Fsp3) is 0.500. The van der Waals surface area contributed by atoms with Gasteiger partial charge in [0.15, 0.2) is 0 Å². The normalized spacial score (nSPS) is 17.9. The van der Waals surface area contributed by atoms with Crippen molar-refractivity contribution in [1.82, 2.24) is 0 Å². The van der Waals surface area contributed by atoms with Gasteiger partial charge in [0.2, 0.25) is 0 Å². The summed E-state index contributed by atoms with van der Waals surface area (Å²) in [5.41, 5.74) is 1.20. The Morgan fingerprint density at radius 2 is 1.57 bits per heavy atom. The van der Waals surface area contributed by atoms with Crippen LogP contribution in [0.1, 0.15) is 25.7 Å². The van der Waals surface area contributed by atoms with E-state index in [9.17, 15) is 0 Å². The average Bonchev–Trinajstić information content (AvgIpc) is 2.47. The molecule has 1 aliphatic rings. The van der Waals surface area contributed by atoms with Crippen molar-refractivity contribution in [2.24, 2.45) is 0 Å². The summed E-state index contributed by atoms with van der Waals surface area (Å²) in [6.07, 6.45) is 5.32. The fourth-order valence-corrected chi connectivity index (χ4v) is 2.28. The lowest BCUT2D eigenvalue weighted by molar-refractivity contribution is 0.726. The van der Waals surface area contributed by atoms with Crippen molar-refractivity contribution in [1.29, 1.82) is 0 Å². The molecule has 0 amide bonds. The number of para-hydroxylation sites is 1. The maximum Gasteiger partial charge on any atom is 0.0639 e. The summed E-state index contributed by atoms with van der Waals surface area (Å²) in [7, 11) is 0. The van der Waals surface area contributed by atoms with Crippen LogP contribution in [0.5, 0.6) is 0 Å². The first-order valence-electron chi connectivity index (χ1n) is 5.37. The van der Waals surface area contributed by atoms with Crippen molar-refractivity contribution in [3.63, 3.8) is 0 Å². The van der Waals surface area contributed by atoms with Gasteiger partial charge < -0.3 is 4.90 Å². The largest absolute Gasteiger partial charge is 0.370 e. The quantitative estimate of drug-likeness (QED) is 0.682. The van der Waals surface area contributed by atoms with Crippen molar-refractivity contribution >= 4 is 17.3 Å². The molecule has 14 heavy (non-hydrogen) atoms. The zero-order valence-electron chi connectivity index (χ0n) is 8.38. The van der Waals surface area contributed by atoms with Crippen LogP contribution in [0.25, 0.3) is 0 Å². The summed E-state index contributed by atoms with van der Waals surface area (Å²) in [6.45, 7) is 2.31. The van der Waals surface area contributed by atoms with Crippen LogP contribution in [0.15, 0.2) is 24.3 Å². The van der Waals surface area contributed by atoms with Crippen molar-refractivity contribution in [2.45, 2.75) is 25.7 Å². The van der Waals surface area contributed by atoms with Crippen LogP contribution in [0, 0.1) is 0 Å². The van der Waals surface area contributed by atoms with Crippen LogP contribution in [0.4, 0.5) is 5.69 Å². The third kappa shape index (κ3) is 2.21. The Bertz CT molecular complexity index is 290. The lowest BCUT2D eigenvalue weighted by Gasteiger charge is -2.23. The van der Waals surface area contributed by atoms with E-state index in [1.807, 2.05) is 12.1 Å². The zero-order chi connectivity index (χ0) is 9.80. The van der Waals surface area contributed by atoms with Crippen LogP contribution in [0.3, 0.4) is 0 Å². The van der Waals surface area contributed by atoms with E-state index in [1.165, 1.54) is 31.4 Å². The van der Waals surface area contributed by atoms with E-state index in [-0.39, 0.29) is 0 Å². The average molecular weight is 210 g/mol. The van der Waals surface area contributed by atoms with Gasteiger partial charge in [-0.3, -0.25) is 0 Å². The summed E-state index contributed by atoms with van der Waals surface area (Å²) < 4.78 is 0. The third-order valence-electron chi connectivity index (χ3n) is 2.80. The number of halogens is 1.